The SMILES string of the molecule is CCC1c2ccccc2N2c3cnc(-c4ccccc4C)nc3N(C)C2C2(CC)C1CCC21c2ccc3c(oc4ccccc43)c2N2C=CN(C)C21. The fourth-order valence-electron chi connectivity index (χ4n) is 12.3. The average molecular weight is 685 g/mol. The molecular formula is C45H44N6O. The summed E-state index contributed by atoms with van der Waals surface area (Å²) in [4.78, 5) is 20.8. The normalized spacial score (nSPS) is 28.0. The first-order valence-electron chi connectivity index (χ1n) is 19.1. The molecular weight excluding hydrogens is 641 g/mol. The van der Waals surface area contributed by atoms with Gasteiger partial charge in [0.15, 0.2) is 17.2 Å². The summed E-state index contributed by atoms with van der Waals surface area (Å²) in [5.41, 5.74) is 10.4. The topological polar surface area (TPSA) is 51.9 Å². The van der Waals surface area contributed by atoms with E-state index in [2.05, 4.69) is 158 Å². The predicted molar refractivity (Wildman–Crippen MR) is 210 cm³/mol. The van der Waals surface area contributed by atoms with E-state index in [-0.39, 0.29) is 23.2 Å². The molecule has 7 nitrogen and oxygen atoms in total. The number of nitrogens with zero attached hydrogens (tertiary/aromatic N) is 6. The number of aromatic nitrogens is 2. The lowest BCUT2D eigenvalue weighted by Crippen LogP contribution is -2.66. The number of fused-ring (bicyclic) bond motifs is 17. The van der Waals surface area contributed by atoms with E-state index in [0.29, 0.717) is 11.8 Å². The molecule has 1 saturated carbocycles. The first kappa shape index (κ1) is 30.3. The Bertz CT molecular complexity index is 2490. The minimum Gasteiger partial charge on any atom is -0.454 e. The Morgan fingerprint density at radius 3 is 2.50 bits per heavy atom. The monoisotopic (exact) mass is 684 g/mol. The summed E-state index contributed by atoms with van der Waals surface area (Å²) in [6, 6.07) is 31.1. The van der Waals surface area contributed by atoms with E-state index < -0.39 is 0 Å². The van der Waals surface area contributed by atoms with Crippen LogP contribution in [0.2, 0.25) is 0 Å². The lowest BCUT2D eigenvalue weighted by molar-refractivity contribution is 0.0142. The molecule has 0 bridgehead atoms. The Hall–Kier alpha value is -5.30. The summed E-state index contributed by atoms with van der Waals surface area (Å²) in [6.45, 7) is 7.04. The summed E-state index contributed by atoms with van der Waals surface area (Å²) in [5.74, 6) is 2.65. The van der Waals surface area contributed by atoms with Crippen LogP contribution in [-0.2, 0) is 5.41 Å². The van der Waals surface area contributed by atoms with Gasteiger partial charge >= 0.3 is 0 Å². The van der Waals surface area contributed by atoms with Crippen LogP contribution in [0, 0.1) is 18.3 Å². The Kier molecular flexibility index (Phi) is 6.07. The highest BCUT2D eigenvalue weighted by Crippen LogP contribution is 2.75. The number of furan rings is 1. The van der Waals surface area contributed by atoms with Crippen molar-refractivity contribution in [3.63, 3.8) is 0 Å². The predicted octanol–water partition coefficient (Wildman–Crippen LogP) is 10.1. The molecule has 11 rings (SSSR count). The van der Waals surface area contributed by atoms with E-state index in [0.717, 1.165) is 59.7 Å². The van der Waals surface area contributed by atoms with Gasteiger partial charge in [-0.25, -0.2) is 9.97 Å². The Balaban J connectivity index is 1.21. The second-order valence-corrected chi connectivity index (χ2v) is 15.8. The van der Waals surface area contributed by atoms with Crippen LogP contribution in [-0.4, -0.2) is 41.3 Å². The molecule has 1 fully saturated rings. The molecule has 6 aromatic rings. The number of benzene rings is 4. The third kappa shape index (κ3) is 3.39. The Morgan fingerprint density at radius 2 is 1.65 bits per heavy atom. The fraction of sp³-hybridized carbons (Fsp3) is 0.333. The highest BCUT2D eigenvalue weighted by atomic mass is 16.3. The molecule has 0 saturated heterocycles. The summed E-state index contributed by atoms with van der Waals surface area (Å²) < 4.78 is 6.85. The Morgan fingerprint density at radius 1 is 0.846 bits per heavy atom. The minimum atomic E-state index is -0.214. The van der Waals surface area contributed by atoms with Crippen molar-refractivity contribution < 1.29 is 4.42 Å². The van der Waals surface area contributed by atoms with Crippen molar-refractivity contribution in [2.75, 3.05) is 28.8 Å². The van der Waals surface area contributed by atoms with Gasteiger partial charge in [-0.1, -0.05) is 86.6 Å². The van der Waals surface area contributed by atoms with Crippen molar-refractivity contribution in [3.8, 4) is 11.4 Å². The van der Waals surface area contributed by atoms with Crippen LogP contribution < -0.4 is 14.7 Å². The van der Waals surface area contributed by atoms with Crippen LogP contribution in [0.3, 0.4) is 0 Å². The molecule has 7 heteroatoms. The number of hydrogen-bond acceptors (Lipinski definition) is 7. The molecule has 5 aliphatic rings. The van der Waals surface area contributed by atoms with E-state index in [1.54, 1.807) is 0 Å². The van der Waals surface area contributed by atoms with Gasteiger partial charge in [-0.3, -0.25) is 0 Å². The highest BCUT2D eigenvalue weighted by molar-refractivity contribution is 6.10. The summed E-state index contributed by atoms with van der Waals surface area (Å²) >= 11 is 0. The maximum atomic E-state index is 6.85. The van der Waals surface area contributed by atoms with Crippen molar-refractivity contribution in [2.24, 2.45) is 11.3 Å². The van der Waals surface area contributed by atoms with Crippen LogP contribution in [0.5, 0.6) is 0 Å². The third-order valence-corrected chi connectivity index (χ3v) is 14.1. The van der Waals surface area contributed by atoms with Crippen LogP contribution in [0.4, 0.5) is 22.9 Å². The van der Waals surface area contributed by atoms with Gasteiger partial charge < -0.3 is 24.0 Å². The second kappa shape index (κ2) is 10.4. The molecule has 1 spiro atoms. The van der Waals surface area contributed by atoms with Gasteiger partial charge in [0.1, 0.15) is 23.6 Å². The number of likely N-dealkylation sites (N-methyl/N-ethyl adjacent to an activating group) is 1. The molecule has 6 atom stereocenters. The lowest BCUT2D eigenvalue weighted by atomic mass is 9.53. The highest BCUT2D eigenvalue weighted by Gasteiger charge is 2.75. The van der Waals surface area contributed by atoms with Gasteiger partial charge in [-0.15, -0.1) is 0 Å². The van der Waals surface area contributed by atoms with E-state index in [1.165, 1.54) is 38.8 Å². The molecule has 0 amide bonds. The van der Waals surface area contributed by atoms with Crippen LogP contribution in [0.15, 0.2) is 108 Å². The second-order valence-electron chi connectivity index (χ2n) is 15.8. The molecule has 52 heavy (non-hydrogen) atoms. The van der Waals surface area contributed by atoms with Gasteiger partial charge in [0.25, 0.3) is 0 Å². The average Bonchev–Trinajstić information content (AvgIpc) is 3.95. The van der Waals surface area contributed by atoms with Gasteiger partial charge in [0.2, 0.25) is 0 Å². The zero-order chi connectivity index (χ0) is 35.1. The third-order valence-electron chi connectivity index (χ3n) is 14.1. The molecule has 1 aliphatic carbocycles. The van der Waals surface area contributed by atoms with Gasteiger partial charge in [-0.05, 0) is 73.3 Å². The standard InChI is InChI=1S/C45H44N6O/c1-6-28-30-16-10-12-18-35(30)51-36-26-46-40(29-15-9-8-14-27(29)3)47-41(36)49(5)43(51)44(7-2)33(28)22-23-45(44)34-21-20-32-31-17-11-13-19-37(31)52-39(32)38(34)50-25-24-48(4)42(45)50/h8-21,24-26,28,33,42-43H,6-7,22-23H2,1-5H3. The van der Waals surface area contributed by atoms with E-state index in [1.807, 2.05) is 0 Å². The number of hydrogen-bond donors (Lipinski definition) is 0. The van der Waals surface area contributed by atoms with Gasteiger partial charge in [-0.2, -0.15) is 0 Å². The number of para-hydroxylation sites is 2. The molecule has 0 N–H and O–H groups in total. The van der Waals surface area contributed by atoms with Crippen molar-refractivity contribution in [1.29, 1.82) is 0 Å². The van der Waals surface area contributed by atoms with Gasteiger partial charge in [0, 0.05) is 59.3 Å². The van der Waals surface area contributed by atoms with Crippen LogP contribution in [0.25, 0.3) is 33.3 Å². The van der Waals surface area contributed by atoms with Crippen LogP contribution >= 0.6 is 0 Å². The maximum Gasteiger partial charge on any atom is 0.161 e. The Labute approximate surface area is 305 Å². The first-order valence-corrected chi connectivity index (χ1v) is 19.1. The van der Waals surface area contributed by atoms with E-state index in [9.17, 15) is 0 Å². The number of aryl methyl sites for hydroxylation is 1. The quantitative estimate of drug-likeness (QED) is 0.184. The maximum absolute atomic E-state index is 6.85. The van der Waals surface area contributed by atoms with Crippen molar-refractivity contribution >= 4 is 44.8 Å². The molecule has 4 aliphatic heterocycles. The van der Waals surface area contributed by atoms with Crippen molar-refractivity contribution in [1.82, 2.24) is 14.9 Å². The van der Waals surface area contributed by atoms with E-state index >= 15 is 0 Å². The first-order chi connectivity index (χ1) is 25.4. The molecule has 0 radical (unpaired) electrons. The zero-order valence-corrected chi connectivity index (χ0v) is 30.5. The molecule has 4 aromatic carbocycles. The number of rotatable bonds is 3. The zero-order valence-electron chi connectivity index (χ0n) is 30.5. The largest absolute Gasteiger partial charge is 0.454 e. The molecule has 6 unspecified atom stereocenters. The summed E-state index contributed by atoms with van der Waals surface area (Å²) in [7, 11) is 4.59. The summed E-state index contributed by atoms with van der Waals surface area (Å²) in [6.07, 6.45) is 11.2. The lowest BCUT2D eigenvalue weighted by Gasteiger charge is -2.57. The fourth-order valence-corrected chi connectivity index (χ4v) is 12.3. The number of anilines is 4. The van der Waals surface area contributed by atoms with Crippen molar-refractivity contribution in [3.05, 3.63) is 120 Å². The van der Waals surface area contributed by atoms with Crippen LogP contribution in [0.1, 0.15) is 62.1 Å². The van der Waals surface area contributed by atoms with Crippen molar-refractivity contribution in [2.45, 2.75) is 70.1 Å². The minimum absolute atomic E-state index is 0.0206. The molecule has 2 aromatic heterocycles. The van der Waals surface area contributed by atoms with E-state index in [4.69, 9.17) is 14.4 Å². The summed E-state index contributed by atoms with van der Waals surface area (Å²) in [5, 5.41) is 2.37. The van der Waals surface area contributed by atoms with Gasteiger partial charge in [0.05, 0.1) is 11.9 Å². The smallest absolute Gasteiger partial charge is 0.161 e. The molecule has 260 valence electrons. The molecule has 6 heterocycles.